The smallest absolute Gasteiger partial charge is 0.220 e. The maximum absolute atomic E-state index is 11.7. The number of carbonyl (C=O) groups excluding carboxylic acids is 1. The van der Waals surface area contributed by atoms with Gasteiger partial charge >= 0.3 is 0 Å². The number of nitrogens with one attached hydrogen (secondary N) is 1. The number of hydrogen-bond acceptors (Lipinski definition) is 4. The standard InChI is InChI=1S/C13H13N3OS2/c17-12(2-1-10-3-5-18-9-10)14-7-11-8-16-4-6-19-13(16)15-11/h3-6,8-9H,1-2,7H2,(H,14,17). The molecular weight excluding hydrogens is 278 g/mol. The van der Waals surface area contributed by atoms with Crippen molar-refractivity contribution in [3.05, 3.63) is 45.9 Å². The Morgan fingerprint density at radius 3 is 3.16 bits per heavy atom. The fourth-order valence-electron chi connectivity index (χ4n) is 1.83. The number of amides is 1. The Bertz CT molecular complexity index is 641. The van der Waals surface area contributed by atoms with Crippen molar-refractivity contribution >= 4 is 33.5 Å². The maximum atomic E-state index is 11.7. The molecule has 19 heavy (non-hydrogen) atoms. The molecule has 1 N–H and O–H groups in total. The molecular formula is C13H13N3OS2. The Balaban J connectivity index is 1.49. The van der Waals surface area contributed by atoms with Crippen LogP contribution in [0.5, 0.6) is 0 Å². The van der Waals surface area contributed by atoms with Gasteiger partial charge < -0.3 is 5.32 Å². The number of fused-ring (bicyclic) bond motifs is 1. The van der Waals surface area contributed by atoms with E-state index in [0.717, 1.165) is 17.1 Å². The molecule has 0 saturated heterocycles. The summed E-state index contributed by atoms with van der Waals surface area (Å²) in [4.78, 5) is 17.1. The molecule has 0 unspecified atom stereocenters. The van der Waals surface area contributed by atoms with Gasteiger partial charge in [0.2, 0.25) is 5.91 Å². The highest BCUT2D eigenvalue weighted by Crippen LogP contribution is 2.11. The summed E-state index contributed by atoms with van der Waals surface area (Å²) in [6, 6.07) is 2.06. The van der Waals surface area contributed by atoms with Gasteiger partial charge in [-0.25, -0.2) is 4.98 Å². The monoisotopic (exact) mass is 291 g/mol. The van der Waals surface area contributed by atoms with Crippen molar-refractivity contribution < 1.29 is 4.79 Å². The van der Waals surface area contributed by atoms with Gasteiger partial charge in [0.25, 0.3) is 0 Å². The quantitative estimate of drug-likeness (QED) is 0.785. The van der Waals surface area contributed by atoms with E-state index < -0.39 is 0 Å². The van der Waals surface area contributed by atoms with E-state index in [4.69, 9.17) is 0 Å². The molecule has 0 saturated carbocycles. The normalized spacial score (nSPS) is 10.9. The Hall–Kier alpha value is -1.66. The lowest BCUT2D eigenvalue weighted by molar-refractivity contribution is -0.121. The Morgan fingerprint density at radius 1 is 1.42 bits per heavy atom. The zero-order valence-corrected chi connectivity index (χ0v) is 11.8. The summed E-state index contributed by atoms with van der Waals surface area (Å²) in [5.41, 5.74) is 2.12. The van der Waals surface area contributed by atoms with Crippen LogP contribution in [0.2, 0.25) is 0 Å². The van der Waals surface area contributed by atoms with E-state index in [1.807, 2.05) is 27.6 Å². The van der Waals surface area contributed by atoms with E-state index >= 15 is 0 Å². The molecule has 3 rings (SSSR count). The van der Waals surface area contributed by atoms with E-state index in [0.29, 0.717) is 13.0 Å². The lowest BCUT2D eigenvalue weighted by Gasteiger charge is -2.02. The zero-order chi connectivity index (χ0) is 13.1. The number of hydrogen-bond donors (Lipinski definition) is 1. The second kappa shape index (κ2) is 5.54. The largest absolute Gasteiger partial charge is 0.350 e. The van der Waals surface area contributed by atoms with Gasteiger partial charge in [0.1, 0.15) is 0 Å². The maximum Gasteiger partial charge on any atom is 0.220 e. The second-order valence-electron chi connectivity index (χ2n) is 4.23. The molecule has 1 amide bonds. The first kappa shape index (κ1) is 12.4. The zero-order valence-electron chi connectivity index (χ0n) is 10.2. The molecule has 6 heteroatoms. The molecule has 98 valence electrons. The number of thiazole rings is 1. The Labute approximate surface area is 118 Å². The summed E-state index contributed by atoms with van der Waals surface area (Å²) < 4.78 is 1.97. The van der Waals surface area contributed by atoms with E-state index in [1.54, 1.807) is 22.7 Å². The summed E-state index contributed by atoms with van der Waals surface area (Å²) in [6.07, 6.45) is 5.24. The molecule has 0 atom stereocenters. The first-order chi connectivity index (χ1) is 9.31. The topological polar surface area (TPSA) is 46.4 Å². The minimum atomic E-state index is 0.0718. The fourth-order valence-corrected chi connectivity index (χ4v) is 3.25. The van der Waals surface area contributed by atoms with Crippen LogP contribution in [0, 0.1) is 0 Å². The highest BCUT2D eigenvalue weighted by Gasteiger charge is 2.05. The molecule has 0 radical (unpaired) electrons. The Morgan fingerprint density at radius 2 is 2.37 bits per heavy atom. The van der Waals surface area contributed by atoms with Crippen molar-refractivity contribution in [2.24, 2.45) is 0 Å². The van der Waals surface area contributed by atoms with Crippen molar-refractivity contribution in [1.29, 1.82) is 0 Å². The summed E-state index contributed by atoms with van der Waals surface area (Å²) in [5.74, 6) is 0.0718. The second-order valence-corrected chi connectivity index (χ2v) is 5.89. The van der Waals surface area contributed by atoms with Gasteiger partial charge in [-0.2, -0.15) is 11.3 Å². The minimum Gasteiger partial charge on any atom is -0.350 e. The SMILES string of the molecule is O=C(CCc1ccsc1)NCc1cn2ccsc2n1. The molecule has 0 aliphatic rings. The highest BCUT2D eigenvalue weighted by atomic mass is 32.1. The van der Waals surface area contributed by atoms with Crippen LogP contribution in [0.4, 0.5) is 0 Å². The van der Waals surface area contributed by atoms with Crippen LogP contribution in [-0.2, 0) is 17.8 Å². The van der Waals surface area contributed by atoms with Gasteiger partial charge in [-0.05, 0) is 28.8 Å². The van der Waals surface area contributed by atoms with Crippen molar-refractivity contribution in [2.45, 2.75) is 19.4 Å². The van der Waals surface area contributed by atoms with Crippen LogP contribution >= 0.6 is 22.7 Å². The van der Waals surface area contributed by atoms with E-state index in [1.165, 1.54) is 5.56 Å². The summed E-state index contributed by atoms with van der Waals surface area (Å²) in [6.45, 7) is 0.497. The minimum absolute atomic E-state index is 0.0718. The van der Waals surface area contributed by atoms with Crippen molar-refractivity contribution in [2.75, 3.05) is 0 Å². The van der Waals surface area contributed by atoms with Gasteiger partial charge in [0, 0.05) is 24.2 Å². The van der Waals surface area contributed by atoms with Gasteiger partial charge in [-0.15, -0.1) is 11.3 Å². The van der Waals surface area contributed by atoms with Gasteiger partial charge in [0.05, 0.1) is 12.2 Å². The molecule has 4 nitrogen and oxygen atoms in total. The first-order valence-corrected chi connectivity index (χ1v) is 7.82. The lowest BCUT2D eigenvalue weighted by Crippen LogP contribution is -2.23. The first-order valence-electron chi connectivity index (χ1n) is 6.00. The van der Waals surface area contributed by atoms with Crippen LogP contribution in [0.15, 0.2) is 34.6 Å². The van der Waals surface area contributed by atoms with Crippen LogP contribution < -0.4 is 5.32 Å². The average molecular weight is 291 g/mol. The number of aryl methyl sites for hydroxylation is 1. The van der Waals surface area contributed by atoms with Crippen molar-refractivity contribution in [3.63, 3.8) is 0 Å². The molecule has 0 spiro atoms. The van der Waals surface area contributed by atoms with Gasteiger partial charge in [-0.3, -0.25) is 9.20 Å². The number of nitrogens with zero attached hydrogens (tertiary/aromatic N) is 2. The molecule has 0 aromatic carbocycles. The van der Waals surface area contributed by atoms with Crippen LogP contribution in [0.3, 0.4) is 0 Å². The number of aromatic nitrogens is 2. The summed E-state index contributed by atoms with van der Waals surface area (Å²) in [7, 11) is 0. The third-order valence-electron chi connectivity index (χ3n) is 2.83. The van der Waals surface area contributed by atoms with E-state index in [9.17, 15) is 4.79 Å². The molecule has 3 aromatic rings. The van der Waals surface area contributed by atoms with Gasteiger partial charge in [0.15, 0.2) is 4.96 Å². The highest BCUT2D eigenvalue weighted by molar-refractivity contribution is 7.15. The molecule has 0 fully saturated rings. The van der Waals surface area contributed by atoms with Crippen LogP contribution in [-0.4, -0.2) is 15.3 Å². The number of rotatable bonds is 5. The van der Waals surface area contributed by atoms with Crippen molar-refractivity contribution in [1.82, 2.24) is 14.7 Å². The predicted molar refractivity (Wildman–Crippen MR) is 77.6 cm³/mol. The fraction of sp³-hybridized carbons (Fsp3) is 0.231. The molecule has 0 bridgehead atoms. The molecule has 3 aromatic heterocycles. The van der Waals surface area contributed by atoms with Crippen LogP contribution in [0.25, 0.3) is 4.96 Å². The molecule has 0 aliphatic heterocycles. The van der Waals surface area contributed by atoms with Gasteiger partial charge in [-0.1, -0.05) is 0 Å². The van der Waals surface area contributed by atoms with E-state index in [2.05, 4.69) is 21.7 Å². The van der Waals surface area contributed by atoms with E-state index in [-0.39, 0.29) is 5.91 Å². The number of carbonyl (C=O) groups is 1. The summed E-state index contributed by atoms with van der Waals surface area (Å²) in [5, 5.41) is 9.01. The van der Waals surface area contributed by atoms with Crippen molar-refractivity contribution in [3.8, 4) is 0 Å². The molecule has 3 heterocycles. The number of thiophene rings is 1. The third kappa shape index (κ3) is 3.02. The average Bonchev–Trinajstić information content (AvgIpc) is 3.09. The van der Waals surface area contributed by atoms with Crippen LogP contribution in [0.1, 0.15) is 17.7 Å². The number of imidazole rings is 1. The Kier molecular flexibility index (Phi) is 3.61. The predicted octanol–water partition coefficient (Wildman–Crippen LogP) is 2.71. The third-order valence-corrected chi connectivity index (χ3v) is 4.33. The molecule has 0 aliphatic carbocycles. The lowest BCUT2D eigenvalue weighted by atomic mass is 10.2. The summed E-state index contributed by atoms with van der Waals surface area (Å²) >= 11 is 3.25.